The summed E-state index contributed by atoms with van der Waals surface area (Å²) in [6.07, 6.45) is 5.79. The van der Waals surface area contributed by atoms with Gasteiger partial charge in [-0.3, -0.25) is 4.79 Å². The fraction of sp³-hybridized carbons (Fsp3) is 0.647. The van der Waals surface area contributed by atoms with E-state index in [9.17, 15) is 4.79 Å². The molecule has 2 saturated heterocycles. The highest BCUT2D eigenvalue weighted by Gasteiger charge is 2.31. The van der Waals surface area contributed by atoms with Crippen LogP contribution < -0.4 is 4.90 Å². The highest BCUT2D eigenvalue weighted by molar-refractivity contribution is 5.80. The average molecular weight is 328 g/mol. The van der Waals surface area contributed by atoms with Gasteiger partial charge in [0.05, 0.1) is 11.4 Å². The zero-order valence-electron chi connectivity index (χ0n) is 14.4. The minimum atomic E-state index is 0.177. The van der Waals surface area contributed by atoms with Gasteiger partial charge in [-0.25, -0.2) is 0 Å². The predicted molar refractivity (Wildman–Crippen MR) is 91.0 cm³/mol. The number of amides is 1. The molecule has 4 rings (SSSR count). The number of carbonyl (C=O) groups is 1. The molecule has 0 N–H and O–H groups in total. The Kier molecular flexibility index (Phi) is 3.86. The van der Waals surface area contributed by atoms with E-state index in [1.165, 1.54) is 0 Å². The number of piperidine rings is 1. The van der Waals surface area contributed by atoms with Gasteiger partial charge in [-0.1, -0.05) is 0 Å². The van der Waals surface area contributed by atoms with Crippen LogP contribution in [0.15, 0.2) is 6.33 Å². The third kappa shape index (κ3) is 2.52. The second-order valence-corrected chi connectivity index (χ2v) is 6.95. The number of fused-ring (bicyclic) bond motifs is 1. The Balaban J connectivity index is 1.53. The molecule has 7 heteroatoms. The minimum Gasteiger partial charge on any atom is -0.368 e. The lowest BCUT2D eigenvalue weighted by Crippen LogP contribution is -2.42. The van der Waals surface area contributed by atoms with E-state index in [0.717, 1.165) is 74.5 Å². The molecule has 2 aliphatic heterocycles. The van der Waals surface area contributed by atoms with Crippen molar-refractivity contribution >= 4 is 17.2 Å². The molecule has 0 aromatic carbocycles. The van der Waals surface area contributed by atoms with Crippen LogP contribution in [0.5, 0.6) is 0 Å². The molecular formula is C17H24N6O. The summed E-state index contributed by atoms with van der Waals surface area (Å²) < 4.78 is 1.75. The topological polar surface area (TPSA) is 66.6 Å². The van der Waals surface area contributed by atoms with Crippen molar-refractivity contribution in [3.63, 3.8) is 0 Å². The third-order valence-corrected chi connectivity index (χ3v) is 5.48. The van der Waals surface area contributed by atoms with Crippen molar-refractivity contribution in [2.75, 3.05) is 31.1 Å². The standard InChI is InChI=1S/C17H24N6O/c1-12-13(2)20-23-11-18-19-16(23)15(12)21-9-5-14(6-10-21)17(24)22-7-3-4-8-22/h11,14H,3-10H2,1-2H3. The number of anilines is 1. The van der Waals surface area contributed by atoms with E-state index < -0.39 is 0 Å². The van der Waals surface area contributed by atoms with E-state index in [0.29, 0.717) is 5.91 Å². The van der Waals surface area contributed by atoms with Crippen LogP contribution in [-0.2, 0) is 4.79 Å². The van der Waals surface area contributed by atoms with Crippen LogP contribution in [0, 0.1) is 19.8 Å². The summed E-state index contributed by atoms with van der Waals surface area (Å²) in [4.78, 5) is 17.0. The summed E-state index contributed by atoms with van der Waals surface area (Å²) in [6, 6.07) is 0. The Morgan fingerprint density at radius 1 is 1.12 bits per heavy atom. The molecule has 0 spiro atoms. The zero-order valence-corrected chi connectivity index (χ0v) is 14.4. The highest BCUT2D eigenvalue weighted by Crippen LogP contribution is 2.31. The number of hydrogen-bond acceptors (Lipinski definition) is 5. The fourth-order valence-electron chi connectivity index (χ4n) is 3.96. The van der Waals surface area contributed by atoms with Crippen LogP contribution in [0.1, 0.15) is 36.9 Å². The summed E-state index contributed by atoms with van der Waals surface area (Å²) in [5, 5.41) is 12.7. The number of likely N-dealkylation sites (tertiary alicyclic amines) is 1. The van der Waals surface area contributed by atoms with Crippen LogP contribution in [-0.4, -0.2) is 56.8 Å². The lowest BCUT2D eigenvalue weighted by Gasteiger charge is -2.35. The Morgan fingerprint density at radius 2 is 1.83 bits per heavy atom. The molecule has 1 amide bonds. The molecule has 0 bridgehead atoms. The number of carbonyl (C=O) groups excluding carboxylic acids is 1. The molecular weight excluding hydrogens is 304 g/mol. The molecule has 2 aliphatic rings. The van der Waals surface area contributed by atoms with E-state index >= 15 is 0 Å². The van der Waals surface area contributed by atoms with Gasteiger partial charge in [-0.2, -0.15) is 9.61 Å². The lowest BCUT2D eigenvalue weighted by molar-refractivity contribution is -0.135. The van der Waals surface area contributed by atoms with Gasteiger partial charge in [0, 0.05) is 32.1 Å². The van der Waals surface area contributed by atoms with Crippen LogP contribution in [0.4, 0.5) is 5.69 Å². The maximum Gasteiger partial charge on any atom is 0.225 e. The first-order chi connectivity index (χ1) is 11.6. The SMILES string of the molecule is Cc1nn2cnnc2c(N2CCC(C(=O)N3CCCC3)CC2)c1C. The quantitative estimate of drug-likeness (QED) is 0.837. The molecule has 4 heterocycles. The summed E-state index contributed by atoms with van der Waals surface area (Å²) in [6.45, 7) is 7.77. The lowest BCUT2D eigenvalue weighted by atomic mass is 9.94. The van der Waals surface area contributed by atoms with Gasteiger partial charge >= 0.3 is 0 Å². The summed E-state index contributed by atoms with van der Waals surface area (Å²) >= 11 is 0. The Bertz CT molecular complexity index is 756. The monoisotopic (exact) mass is 328 g/mol. The molecule has 0 atom stereocenters. The second kappa shape index (κ2) is 6.03. The number of nitrogens with zero attached hydrogens (tertiary/aromatic N) is 6. The van der Waals surface area contributed by atoms with Crippen LogP contribution in [0.25, 0.3) is 5.65 Å². The van der Waals surface area contributed by atoms with E-state index in [2.05, 4.69) is 32.0 Å². The Morgan fingerprint density at radius 3 is 2.54 bits per heavy atom. The molecule has 2 aromatic heterocycles. The maximum absolute atomic E-state index is 12.6. The number of aromatic nitrogens is 4. The molecule has 7 nitrogen and oxygen atoms in total. The molecule has 128 valence electrons. The van der Waals surface area contributed by atoms with Crippen molar-refractivity contribution < 1.29 is 4.79 Å². The van der Waals surface area contributed by atoms with Crippen molar-refractivity contribution in [1.82, 2.24) is 24.7 Å². The molecule has 0 saturated carbocycles. The third-order valence-electron chi connectivity index (χ3n) is 5.48. The van der Waals surface area contributed by atoms with Gasteiger partial charge in [0.2, 0.25) is 11.6 Å². The summed E-state index contributed by atoms with van der Waals surface area (Å²) in [5.74, 6) is 0.541. The molecule has 0 aliphatic carbocycles. The van der Waals surface area contributed by atoms with Crippen molar-refractivity contribution in [2.45, 2.75) is 39.5 Å². The van der Waals surface area contributed by atoms with Gasteiger partial charge in [0.1, 0.15) is 6.33 Å². The van der Waals surface area contributed by atoms with E-state index in [1.807, 2.05) is 6.92 Å². The first-order valence-corrected chi connectivity index (χ1v) is 8.86. The zero-order chi connectivity index (χ0) is 16.7. The van der Waals surface area contributed by atoms with Crippen molar-refractivity contribution in [1.29, 1.82) is 0 Å². The maximum atomic E-state index is 12.6. The van der Waals surface area contributed by atoms with Crippen LogP contribution in [0.3, 0.4) is 0 Å². The molecule has 2 fully saturated rings. The fourth-order valence-corrected chi connectivity index (χ4v) is 3.96. The van der Waals surface area contributed by atoms with Gasteiger partial charge in [-0.05, 0) is 45.1 Å². The smallest absolute Gasteiger partial charge is 0.225 e. The van der Waals surface area contributed by atoms with Crippen molar-refractivity contribution in [3.8, 4) is 0 Å². The molecule has 0 unspecified atom stereocenters. The number of rotatable bonds is 2. The molecule has 0 radical (unpaired) electrons. The predicted octanol–water partition coefficient (Wildman–Crippen LogP) is 1.58. The highest BCUT2D eigenvalue weighted by atomic mass is 16.2. The van der Waals surface area contributed by atoms with Gasteiger partial charge < -0.3 is 9.80 Å². The number of aryl methyl sites for hydroxylation is 1. The number of hydrogen-bond donors (Lipinski definition) is 0. The van der Waals surface area contributed by atoms with E-state index in [-0.39, 0.29) is 5.92 Å². The van der Waals surface area contributed by atoms with Gasteiger partial charge in [0.15, 0.2) is 0 Å². The first kappa shape index (κ1) is 15.4. The van der Waals surface area contributed by atoms with Gasteiger partial charge in [-0.15, -0.1) is 10.2 Å². The van der Waals surface area contributed by atoms with E-state index in [4.69, 9.17) is 0 Å². The van der Waals surface area contributed by atoms with Crippen molar-refractivity contribution in [3.05, 3.63) is 17.6 Å². The van der Waals surface area contributed by atoms with Crippen LogP contribution in [0.2, 0.25) is 0 Å². The second-order valence-electron chi connectivity index (χ2n) is 6.95. The van der Waals surface area contributed by atoms with Crippen molar-refractivity contribution in [2.24, 2.45) is 5.92 Å². The Labute approximate surface area is 141 Å². The van der Waals surface area contributed by atoms with E-state index in [1.54, 1.807) is 10.8 Å². The molecule has 2 aromatic rings. The largest absolute Gasteiger partial charge is 0.368 e. The van der Waals surface area contributed by atoms with Crippen LogP contribution >= 0.6 is 0 Å². The summed E-state index contributed by atoms with van der Waals surface area (Å²) in [7, 11) is 0. The normalized spacial score (nSPS) is 19.4. The average Bonchev–Trinajstić information content (AvgIpc) is 3.27. The first-order valence-electron chi connectivity index (χ1n) is 8.86. The minimum absolute atomic E-state index is 0.177. The Hall–Kier alpha value is -2.18. The summed E-state index contributed by atoms with van der Waals surface area (Å²) in [5.41, 5.74) is 4.07. The molecule has 24 heavy (non-hydrogen) atoms. The van der Waals surface area contributed by atoms with Gasteiger partial charge in [0.25, 0.3) is 0 Å².